The minimum absolute atomic E-state index is 0.165. The smallest absolute Gasteiger partial charge is 0.409 e. The lowest BCUT2D eigenvalue weighted by atomic mass is 10.2. The van der Waals surface area contributed by atoms with E-state index in [4.69, 9.17) is 10.00 Å². The molecule has 1 amide bonds. The van der Waals surface area contributed by atoms with Gasteiger partial charge in [-0.05, 0) is 50.5 Å². The Labute approximate surface area is 149 Å². The number of nitrogens with zero attached hydrogens (tertiary/aromatic N) is 3. The van der Waals surface area contributed by atoms with Gasteiger partial charge in [0.1, 0.15) is 0 Å². The van der Waals surface area contributed by atoms with E-state index in [1.807, 2.05) is 36.1 Å². The molecule has 6 heteroatoms. The third kappa shape index (κ3) is 4.23. The molecule has 0 radical (unpaired) electrons. The van der Waals surface area contributed by atoms with E-state index >= 15 is 0 Å². The molecule has 2 bridgehead atoms. The molecule has 0 aliphatic carbocycles. The van der Waals surface area contributed by atoms with Crippen LogP contribution in [0.4, 0.5) is 10.5 Å². The number of ether oxygens (including phenoxy) is 1. The van der Waals surface area contributed by atoms with Crippen LogP contribution in [0.5, 0.6) is 0 Å². The second-order valence-electron chi connectivity index (χ2n) is 6.70. The van der Waals surface area contributed by atoms with Crippen LogP contribution >= 0.6 is 0 Å². The number of carbonyl (C=O) groups excluding carboxylic acids is 1. The summed E-state index contributed by atoms with van der Waals surface area (Å²) in [6, 6.07) is 10.6. The Bertz CT molecular complexity index is 611. The number of amides is 1. The van der Waals surface area contributed by atoms with E-state index in [2.05, 4.69) is 16.3 Å². The summed E-state index contributed by atoms with van der Waals surface area (Å²) in [5, 5.41) is 12.2. The van der Waals surface area contributed by atoms with Gasteiger partial charge < -0.3 is 15.0 Å². The zero-order valence-corrected chi connectivity index (χ0v) is 14.8. The minimum Gasteiger partial charge on any atom is -0.450 e. The lowest BCUT2D eigenvalue weighted by Crippen LogP contribution is -2.55. The van der Waals surface area contributed by atoms with E-state index in [9.17, 15) is 4.79 Å². The van der Waals surface area contributed by atoms with Crippen LogP contribution in [0.3, 0.4) is 0 Å². The van der Waals surface area contributed by atoms with Gasteiger partial charge in [-0.2, -0.15) is 5.26 Å². The van der Waals surface area contributed by atoms with Gasteiger partial charge in [0.25, 0.3) is 0 Å². The highest BCUT2D eigenvalue weighted by atomic mass is 16.6. The second kappa shape index (κ2) is 8.21. The summed E-state index contributed by atoms with van der Waals surface area (Å²) in [5.41, 5.74) is 1.73. The summed E-state index contributed by atoms with van der Waals surface area (Å²) >= 11 is 0. The van der Waals surface area contributed by atoms with E-state index < -0.39 is 0 Å². The van der Waals surface area contributed by atoms with Gasteiger partial charge in [-0.15, -0.1) is 0 Å². The number of nitrogens with one attached hydrogen (secondary N) is 1. The standard InChI is InChI=1S/C19H26N4O2/c1-2-25-19(24)22-13-17-8-9-18(14-22)23(17)11-3-10-21-16-6-4-15(12-20)5-7-16/h4-7,17-18,21H,2-3,8-11,13-14H2,1H3. The van der Waals surface area contributed by atoms with Crippen molar-refractivity contribution in [2.24, 2.45) is 0 Å². The molecule has 2 fully saturated rings. The lowest BCUT2D eigenvalue weighted by Gasteiger charge is -2.40. The van der Waals surface area contributed by atoms with Crippen molar-refractivity contribution in [1.29, 1.82) is 5.26 Å². The average Bonchev–Trinajstić information content (AvgIpc) is 2.87. The van der Waals surface area contributed by atoms with Gasteiger partial charge in [-0.3, -0.25) is 4.90 Å². The Morgan fingerprint density at radius 3 is 2.56 bits per heavy atom. The van der Waals surface area contributed by atoms with Crippen LogP contribution in [0.25, 0.3) is 0 Å². The summed E-state index contributed by atoms with van der Waals surface area (Å²) in [6.07, 6.45) is 3.24. The topological polar surface area (TPSA) is 68.6 Å². The number of piperazine rings is 1. The fourth-order valence-corrected chi connectivity index (χ4v) is 3.88. The maximum atomic E-state index is 11.9. The predicted molar refractivity (Wildman–Crippen MR) is 96.4 cm³/mol. The first kappa shape index (κ1) is 17.6. The first-order valence-corrected chi connectivity index (χ1v) is 9.12. The number of rotatable bonds is 6. The summed E-state index contributed by atoms with van der Waals surface area (Å²) in [7, 11) is 0. The number of fused-ring (bicyclic) bond motifs is 2. The highest BCUT2D eigenvalue weighted by molar-refractivity contribution is 5.68. The predicted octanol–water partition coefficient (Wildman–Crippen LogP) is 2.67. The molecule has 0 aromatic heterocycles. The molecular formula is C19H26N4O2. The molecule has 25 heavy (non-hydrogen) atoms. The zero-order chi connectivity index (χ0) is 17.6. The second-order valence-corrected chi connectivity index (χ2v) is 6.70. The highest BCUT2D eigenvalue weighted by Crippen LogP contribution is 2.30. The van der Waals surface area contributed by atoms with E-state index in [0.717, 1.165) is 38.3 Å². The van der Waals surface area contributed by atoms with Crippen LogP contribution < -0.4 is 5.32 Å². The number of hydrogen-bond acceptors (Lipinski definition) is 5. The van der Waals surface area contributed by atoms with Crippen molar-refractivity contribution in [3.05, 3.63) is 29.8 Å². The molecule has 1 aromatic rings. The van der Waals surface area contributed by atoms with Crippen molar-refractivity contribution in [2.45, 2.75) is 38.3 Å². The van der Waals surface area contributed by atoms with Crippen LogP contribution in [0.1, 0.15) is 31.7 Å². The van der Waals surface area contributed by atoms with Gasteiger partial charge in [0.05, 0.1) is 18.2 Å². The van der Waals surface area contributed by atoms with Gasteiger partial charge in [-0.1, -0.05) is 0 Å². The van der Waals surface area contributed by atoms with E-state index in [-0.39, 0.29) is 6.09 Å². The lowest BCUT2D eigenvalue weighted by molar-refractivity contribution is 0.0476. The Morgan fingerprint density at radius 2 is 1.96 bits per heavy atom. The fraction of sp³-hybridized carbons (Fsp3) is 0.579. The Balaban J connectivity index is 1.42. The first-order chi connectivity index (χ1) is 12.2. The monoisotopic (exact) mass is 342 g/mol. The molecule has 0 spiro atoms. The van der Waals surface area contributed by atoms with Crippen molar-refractivity contribution in [2.75, 3.05) is 38.1 Å². The zero-order valence-electron chi connectivity index (χ0n) is 14.8. The van der Waals surface area contributed by atoms with Crippen molar-refractivity contribution >= 4 is 11.8 Å². The third-order valence-electron chi connectivity index (χ3n) is 5.10. The Kier molecular flexibility index (Phi) is 5.77. The third-order valence-corrected chi connectivity index (χ3v) is 5.10. The highest BCUT2D eigenvalue weighted by Gasteiger charge is 2.41. The van der Waals surface area contributed by atoms with Crippen molar-refractivity contribution in [3.8, 4) is 6.07 Å². The molecular weight excluding hydrogens is 316 g/mol. The summed E-state index contributed by atoms with van der Waals surface area (Å²) in [4.78, 5) is 16.4. The Morgan fingerprint density at radius 1 is 1.28 bits per heavy atom. The van der Waals surface area contributed by atoms with E-state index in [1.165, 1.54) is 12.8 Å². The van der Waals surface area contributed by atoms with Crippen LogP contribution in [-0.4, -0.2) is 60.8 Å². The van der Waals surface area contributed by atoms with Gasteiger partial charge in [0.2, 0.25) is 0 Å². The Hall–Kier alpha value is -2.26. The van der Waals surface area contributed by atoms with Crippen molar-refractivity contribution in [3.63, 3.8) is 0 Å². The molecule has 3 rings (SSSR count). The molecule has 2 unspecified atom stereocenters. The van der Waals surface area contributed by atoms with E-state index in [0.29, 0.717) is 24.3 Å². The molecule has 2 aliphatic heterocycles. The van der Waals surface area contributed by atoms with Crippen LogP contribution in [0, 0.1) is 11.3 Å². The minimum atomic E-state index is -0.165. The molecule has 1 N–H and O–H groups in total. The maximum absolute atomic E-state index is 11.9. The molecule has 1 aromatic carbocycles. The number of benzene rings is 1. The number of hydrogen-bond donors (Lipinski definition) is 1. The quantitative estimate of drug-likeness (QED) is 0.805. The molecule has 2 atom stereocenters. The summed E-state index contributed by atoms with van der Waals surface area (Å²) < 4.78 is 5.14. The van der Waals surface area contributed by atoms with Gasteiger partial charge in [0.15, 0.2) is 0 Å². The number of anilines is 1. The molecule has 6 nitrogen and oxygen atoms in total. The van der Waals surface area contributed by atoms with E-state index in [1.54, 1.807) is 0 Å². The average molecular weight is 342 g/mol. The van der Waals surface area contributed by atoms with Gasteiger partial charge in [0, 0.05) is 44.0 Å². The molecule has 2 saturated heterocycles. The molecule has 2 aliphatic rings. The van der Waals surface area contributed by atoms with Crippen LogP contribution in [0.2, 0.25) is 0 Å². The summed E-state index contributed by atoms with van der Waals surface area (Å²) in [6.45, 7) is 5.83. The molecule has 134 valence electrons. The van der Waals surface area contributed by atoms with Gasteiger partial charge >= 0.3 is 6.09 Å². The number of carbonyl (C=O) groups is 1. The van der Waals surface area contributed by atoms with Crippen LogP contribution in [0.15, 0.2) is 24.3 Å². The number of likely N-dealkylation sites (tertiary alicyclic amines) is 1. The normalized spacial score (nSPS) is 22.5. The van der Waals surface area contributed by atoms with Gasteiger partial charge in [-0.25, -0.2) is 4.79 Å². The largest absolute Gasteiger partial charge is 0.450 e. The summed E-state index contributed by atoms with van der Waals surface area (Å²) in [5.74, 6) is 0. The van der Waals surface area contributed by atoms with Crippen molar-refractivity contribution < 1.29 is 9.53 Å². The SMILES string of the molecule is CCOC(=O)N1CC2CCC(C1)N2CCCNc1ccc(C#N)cc1. The maximum Gasteiger partial charge on any atom is 0.409 e. The first-order valence-electron chi connectivity index (χ1n) is 9.12. The van der Waals surface area contributed by atoms with Crippen LogP contribution in [-0.2, 0) is 4.74 Å². The fourth-order valence-electron chi connectivity index (χ4n) is 3.88. The van der Waals surface area contributed by atoms with Crippen molar-refractivity contribution in [1.82, 2.24) is 9.80 Å². The molecule has 2 heterocycles. The molecule has 0 saturated carbocycles. The number of nitriles is 1.